The van der Waals surface area contributed by atoms with Gasteiger partial charge in [-0.15, -0.1) is 21.9 Å². The molecule has 0 saturated carbocycles. The number of anilines is 2. The van der Waals surface area contributed by atoms with Crippen molar-refractivity contribution in [1.29, 1.82) is 0 Å². The van der Waals surface area contributed by atoms with Crippen LogP contribution in [0, 0.1) is 27.7 Å². The van der Waals surface area contributed by atoms with E-state index >= 15 is 0 Å². The average molecular weight is 1060 g/mol. The van der Waals surface area contributed by atoms with E-state index in [1.165, 1.54) is 22.3 Å². The molecule has 11 aromatic rings. The second-order valence-electron chi connectivity index (χ2n) is 21.8. The van der Waals surface area contributed by atoms with Crippen molar-refractivity contribution in [3.05, 3.63) is 348 Å². The second kappa shape index (κ2) is 21.8. The van der Waals surface area contributed by atoms with Gasteiger partial charge >= 0.3 is 12.8 Å². The van der Waals surface area contributed by atoms with E-state index in [-0.39, 0.29) is 0 Å². The molecule has 0 unspecified atom stereocenters. The number of aryl methyl sites for hydroxylation is 4. The Hall–Kier alpha value is -10.2. The Morgan fingerprint density at radius 3 is 0.915 bits per heavy atom. The first-order chi connectivity index (χ1) is 40.3. The number of hydrogen-bond donors (Lipinski definition) is 0. The zero-order valence-electron chi connectivity index (χ0n) is 46.7. The summed E-state index contributed by atoms with van der Waals surface area (Å²) in [6.45, 7) is 8.61. The zero-order valence-corrected chi connectivity index (χ0v) is 46.7. The van der Waals surface area contributed by atoms with Crippen LogP contribution < -0.4 is 31.5 Å². The highest BCUT2D eigenvalue weighted by Gasteiger charge is 2.54. The molecule has 2 aliphatic rings. The third-order valence-corrected chi connectivity index (χ3v) is 16.6. The topological polar surface area (TPSA) is 37.2 Å². The average Bonchev–Trinajstić information content (AvgIpc) is 1.56. The summed E-state index contributed by atoms with van der Waals surface area (Å²) in [4.78, 5) is 17.2. The normalized spacial score (nSPS) is 14.8. The van der Waals surface area contributed by atoms with Gasteiger partial charge in [0, 0.05) is 22.5 Å². The van der Waals surface area contributed by atoms with Gasteiger partial charge in [-0.25, -0.2) is 0 Å². The summed E-state index contributed by atoms with van der Waals surface area (Å²) in [7, 11) is 0. The van der Waals surface area contributed by atoms with Gasteiger partial charge in [0.15, 0.2) is 0 Å². The Bertz CT molecular complexity index is 4110. The first kappa shape index (κ1) is 51.3. The molecule has 0 amide bonds. The fourth-order valence-corrected chi connectivity index (χ4v) is 12.8. The second-order valence-corrected chi connectivity index (χ2v) is 21.8. The predicted octanol–water partition coefficient (Wildman–Crippen LogP) is 13.5. The largest absolute Gasteiger partial charge is 0.432 e. The van der Waals surface area contributed by atoms with Crippen LogP contribution in [0.2, 0.25) is 0 Å². The minimum atomic E-state index is -2.21. The van der Waals surface area contributed by atoms with Gasteiger partial charge in [0.2, 0.25) is 11.7 Å². The lowest BCUT2D eigenvalue weighted by atomic mass is 9.34. The first-order valence-electron chi connectivity index (χ1n) is 28.4. The Kier molecular flexibility index (Phi) is 13.6. The molecule has 2 aliphatic heterocycles. The summed E-state index contributed by atoms with van der Waals surface area (Å²) in [5.74, 6) is 3.27. The number of benzene rings is 11. The van der Waals surface area contributed by atoms with Crippen LogP contribution in [-0.4, -0.2) is 45.1 Å². The molecule has 0 radical (unpaired) electrons. The number of aliphatic imine (C=N–C) groups is 2. The zero-order chi connectivity index (χ0) is 55.6. The van der Waals surface area contributed by atoms with Gasteiger partial charge in [-0.3, -0.25) is 0 Å². The maximum Gasteiger partial charge on any atom is 0.348 e. The molecule has 0 aromatic heterocycles. The van der Waals surface area contributed by atoms with Crippen molar-refractivity contribution in [2.24, 2.45) is 9.98 Å². The Labute approximate surface area is 482 Å². The maximum atomic E-state index is 6.09. The SMILES string of the molecule is Cc1ccc(N2C(c3cccc(C4=[N+](c5ccc(C)cc5)[B-](c5ccccc5)(c5ccccc5)N(c5ccc(C)cc5)C(c5ccccc5)=N4)c3)=NC(c3ccccc3)=[N+](c3ccc(C)cc3)[B-]2(c2ccccc2)c2ccccc2)cc1. The molecule has 82 heavy (non-hydrogen) atoms. The molecule has 0 N–H and O–H groups in total. The Morgan fingerprint density at radius 2 is 0.549 bits per heavy atom. The highest BCUT2D eigenvalue weighted by molar-refractivity contribution is 7.03. The lowest BCUT2D eigenvalue weighted by molar-refractivity contribution is -0.294. The summed E-state index contributed by atoms with van der Waals surface area (Å²) in [6, 6.07) is 110. The van der Waals surface area contributed by atoms with E-state index < -0.39 is 12.8 Å². The first-order valence-corrected chi connectivity index (χ1v) is 28.4. The number of rotatable bonds is 12. The van der Waals surface area contributed by atoms with Crippen LogP contribution in [-0.2, 0) is 0 Å². The Morgan fingerprint density at radius 1 is 0.268 bits per heavy atom. The molecule has 0 spiro atoms. The molecule has 6 nitrogen and oxygen atoms in total. The van der Waals surface area contributed by atoms with Gasteiger partial charge in [0.05, 0.1) is 22.5 Å². The van der Waals surface area contributed by atoms with Crippen molar-refractivity contribution in [2.75, 3.05) is 9.62 Å². The van der Waals surface area contributed by atoms with Crippen LogP contribution in [0.15, 0.2) is 313 Å². The van der Waals surface area contributed by atoms with E-state index in [4.69, 9.17) is 9.98 Å². The standard InChI is InChI=1S/C74H62B2N6/c1-55-38-46-67(47-39-55)79-71(59-24-11-5-12-25-59)77-73(81(69-50-42-57(3)43-51-69)75(79,63-30-15-7-16-31-63)64-32-17-8-18-33-64)61-28-23-29-62(54-61)74-78-72(60-26-13-6-14-27-60)80(68-48-40-56(2)41-49-68)76(65-34-19-9-20-35-65,66-36-21-10-22-37-66)82(74)70-52-44-58(4)45-53-70/h5-54H,1-4H3. The van der Waals surface area contributed by atoms with Crippen LogP contribution in [0.3, 0.4) is 0 Å². The summed E-state index contributed by atoms with van der Waals surface area (Å²) >= 11 is 0. The van der Waals surface area contributed by atoms with Gasteiger partial charge in [-0.2, -0.15) is 0 Å². The quantitative estimate of drug-likeness (QED) is 0.114. The van der Waals surface area contributed by atoms with Crippen LogP contribution in [0.4, 0.5) is 22.7 Å². The predicted molar refractivity (Wildman–Crippen MR) is 346 cm³/mol. The van der Waals surface area contributed by atoms with Crippen LogP contribution >= 0.6 is 0 Å². The van der Waals surface area contributed by atoms with Gasteiger partial charge in [0.25, 0.3) is 11.7 Å². The molecular weight excluding hydrogens is 994 g/mol. The lowest BCUT2D eigenvalue weighted by Gasteiger charge is -2.53. The third kappa shape index (κ3) is 8.99. The highest BCUT2D eigenvalue weighted by Crippen LogP contribution is 2.38. The molecule has 0 aliphatic carbocycles. The number of hydrogen-bond acceptors (Lipinski definition) is 4. The van der Waals surface area contributed by atoms with E-state index in [0.29, 0.717) is 0 Å². The number of amidine groups is 4. The van der Waals surface area contributed by atoms with Gasteiger partial charge in [-0.05, 0) is 129 Å². The third-order valence-electron chi connectivity index (χ3n) is 16.6. The van der Waals surface area contributed by atoms with Gasteiger partial charge in [-0.1, -0.05) is 235 Å². The smallest absolute Gasteiger partial charge is 0.348 e. The van der Waals surface area contributed by atoms with Crippen molar-refractivity contribution in [3.63, 3.8) is 0 Å². The van der Waals surface area contributed by atoms with Crippen molar-refractivity contribution in [3.8, 4) is 0 Å². The van der Waals surface area contributed by atoms with E-state index in [0.717, 1.165) is 90.2 Å². The van der Waals surface area contributed by atoms with Crippen LogP contribution in [0.1, 0.15) is 44.5 Å². The van der Waals surface area contributed by atoms with Crippen LogP contribution in [0.5, 0.6) is 0 Å². The van der Waals surface area contributed by atoms with E-state index in [2.05, 4.69) is 350 Å². The highest BCUT2D eigenvalue weighted by atomic mass is 15.3. The van der Waals surface area contributed by atoms with Gasteiger partial charge in [0.1, 0.15) is 0 Å². The molecule has 11 aromatic carbocycles. The van der Waals surface area contributed by atoms with Crippen LogP contribution in [0.25, 0.3) is 0 Å². The number of nitrogens with zero attached hydrogens (tertiary/aromatic N) is 6. The fourth-order valence-electron chi connectivity index (χ4n) is 12.8. The van der Waals surface area contributed by atoms with Crippen molar-refractivity contribution in [1.82, 2.24) is 0 Å². The molecule has 0 atom stereocenters. The molecule has 0 saturated heterocycles. The van der Waals surface area contributed by atoms with E-state index in [9.17, 15) is 0 Å². The minimum absolute atomic E-state index is 0.801. The summed E-state index contributed by atoms with van der Waals surface area (Å²) in [6.07, 6.45) is -4.41. The van der Waals surface area contributed by atoms with E-state index in [1.807, 2.05) is 0 Å². The molecule has 13 rings (SSSR count). The summed E-state index contributed by atoms with van der Waals surface area (Å²) < 4.78 is 5.06. The maximum absolute atomic E-state index is 6.09. The molecule has 0 bridgehead atoms. The molecular formula is C74H62B2N6. The van der Waals surface area contributed by atoms with Crippen molar-refractivity contribution in [2.45, 2.75) is 27.7 Å². The fraction of sp³-hybridized carbons (Fsp3) is 0.0541. The van der Waals surface area contributed by atoms with Gasteiger partial charge < -0.3 is 18.6 Å². The van der Waals surface area contributed by atoms with Crippen molar-refractivity contribution >= 4 is 80.8 Å². The summed E-state index contributed by atoms with van der Waals surface area (Å²) in [5, 5.41) is 0. The van der Waals surface area contributed by atoms with Crippen molar-refractivity contribution < 1.29 is 8.97 Å². The summed E-state index contributed by atoms with van der Waals surface area (Å²) in [5.41, 5.74) is 17.1. The Balaban J connectivity index is 1.19. The monoisotopic (exact) mass is 1060 g/mol. The molecule has 8 heteroatoms. The minimum Gasteiger partial charge on any atom is -0.432 e. The lowest BCUT2D eigenvalue weighted by Crippen LogP contribution is -2.80. The van der Waals surface area contributed by atoms with E-state index in [1.54, 1.807) is 0 Å². The molecule has 0 fully saturated rings. The molecule has 2 heterocycles. The molecule has 394 valence electrons.